The second-order valence-electron chi connectivity index (χ2n) is 4.34. The molecule has 0 amide bonds. The van der Waals surface area contributed by atoms with Crippen molar-refractivity contribution in [3.8, 4) is 6.07 Å². The molecule has 0 aliphatic rings. The van der Waals surface area contributed by atoms with E-state index >= 15 is 0 Å². The maximum Gasteiger partial charge on any atom is 0.242 e. The Morgan fingerprint density at radius 3 is 2.95 bits per heavy atom. The molecule has 9 heteroatoms. The van der Waals surface area contributed by atoms with Crippen LogP contribution in [0.5, 0.6) is 0 Å². The summed E-state index contributed by atoms with van der Waals surface area (Å²) in [6.45, 7) is 1.74. The largest absolute Gasteiger partial charge is 0.255 e. The number of aromatic nitrogens is 3. The van der Waals surface area contributed by atoms with Crippen LogP contribution in [0.2, 0.25) is 0 Å². The Bertz CT molecular complexity index is 741. The van der Waals surface area contributed by atoms with Gasteiger partial charge in [-0.15, -0.1) is 16.4 Å². The van der Waals surface area contributed by atoms with E-state index in [9.17, 15) is 8.42 Å². The summed E-state index contributed by atoms with van der Waals surface area (Å²) in [6, 6.07) is 2.97. The van der Waals surface area contributed by atoms with Crippen LogP contribution in [0.4, 0.5) is 0 Å². The number of sulfonamides is 1. The molecule has 2 heterocycles. The summed E-state index contributed by atoms with van der Waals surface area (Å²) in [4.78, 5) is 0.209. The van der Waals surface area contributed by atoms with Gasteiger partial charge < -0.3 is 0 Å². The fraction of sp³-hybridized carbons (Fsp3) is 0.364. The maximum atomic E-state index is 12.2. The number of thiophene rings is 1. The summed E-state index contributed by atoms with van der Waals surface area (Å²) in [5.74, 6) is 0. The third-order valence-corrected chi connectivity index (χ3v) is 5.12. The van der Waals surface area contributed by atoms with Crippen LogP contribution in [0.3, 0.4) is 0 Å². The third kappa shape index (κ3) is 3.22. The molecule has 0 radical (unpaired) electrons. The molecule has 1 N–H and O–H groups in total. The highest BCUT2D eigenvalue weighted by molar-refractivity contribution is 7.89. The lowest BCUT2D eigenvalue weighted by Gasteiger charge is -2.12. The van der Waals surface area contributed by atoms with Crippen molar-refractivity contribution in [2.45, 2.75) is 24.3 Å². The van der Waals surface area contributed by atoms with Gasteiger partial charge in [0.1, 0.15) is 15.8 Å². The normalized spacial score (nSPS) is 13.1. The quantitative estimate of drug-likeness (QED) is 0.874. The van der Waals surface area contributed by atoms with Crippen LogP contribution in [-0.2, 0) is 23.5 Å². The van der Waals surface area contributed by atoms with Gasteiger partial charge in [0, 0.05) is 25.7 Å². The van der Waals surface area contributed by atoms with E-state index in [0.717, 1.165) is 11.3 Å². The Morgan fingerprint density at radius 1 is 1.60 bits per heavy atom. The zero-order valence-corrected chi connectivity index (χ0v) is 12.6. The number of nitriles is 1. The zero-order valence-electron chi connectivity index (χ0n) is 10.9. The molecule has 2 rings (SSSR count). The fourth-order valence-corrected chi connectivity index (χ4v) is 4.18. The SMILES string of the molecule is C[C@H](Cc1cn(C)nn1)NS(=O)(=O)c1ccsc1C#N. The van der Waals surface area contributed by atoms with Crippen LogP contribution in [-0.4, -0.2) is 29.5 Å². The highest BCUT2D eigenvalue weighted by Crippen LogP contribution is 2.21. The summed E-state index contributed by atoms with van der Waals surface area (Å²) in [6.07, 6.45) is 2.16. The van der Waals surface area contributed by atoms with E-state index in [1.54, 1.807) is 30.2 Å². The van der Waals surface area contributed by atoms with E-state index in [-0.39, 0.29) is 15.8 Å². The molecule has 2 aromatic heterocycles. The Hall–Kier alpha value is -1.76. The van der Waals surface area contributed by atoms with E-state index in [1.807, 2.05) is 6.07 Å². The predicted molar refractivity (Wildman–Crippen MR) is 73.5 cm³/mol. The minimum absolute atomic E-state index is 0.0241. The van der Waals surface area contributed by atoms with Crippen molar-refractivity contribution in [3.63, 3.8) is 0 Å². The Balaban J connectivity index is 2.11. The molecule has 7 nitrogen and oxygen atoms in total. The monoisotopic (exact) mass is 311 g/mol. The first-order valence-corrected chi connectivity index (χ1v) is 8.14. The zero-order chi connectivity index (χ0) is 14.8. The lowest BCUT2D eigenvalue weighted by Crippen LogP contribution is -2.34. The molecule has 0 bridgehead atoms. The van der Waals surface area contributed by atoms with Crippen molar-refractivity contribution in [3.05, 3.63) is 28.2 Å². The average molecular weight is 311 g/mol. The number of nitrogens with one attached hydrogen (secondary N) is 1. The first-order valence-electron chi connectivity index (χ1n) is 5.77. The van der Waals surface area contributed by atoms with Gasteiger partial charge in [-0.2, -0.15) is 5.26 Å². The highest BCUT2D eigenvalue weighted by Gasteiger charge is 2.22. The van der Waals surface area contributed by atoms with Crippen LogP contribution in [0.1, 0.15) is 17.5 Å². The topological polar surface area (TPSA) is 101 Å². The third-order valence-electron chi connectivity index (χ3n) is 2.54. The second kappa shape index (κ2) is 5.70. The van der Waals surface area contributed by atoms with Gasteiger partial charge in [-0.3, -0.25) is 4.68 Å². The highest BCUT2D eigenvalue weighted by atomic mass is 32.2. The first kappa shape index (κ1) is 14.6. The molecule has 0 saturated heterocycles. The molecule has 0 aliphatic carbocycles. The van der Waals surface area contributed by atoms with Gasteiger partial charge in [-0.1, -0.05) is 5.21 Å². The molecular weight excluding hydrogens is 298 g/mol. The van der Waals surface area contributed by atoms with E-state index in [4.69, 9.17) is 5.26 Å². The van der Waals surface area contributed by atoms with Gasteiger partial charge in [-0.05, 0) is 18.4 Å². The summed E-state index contributed by atoms with van der Waals surface area (Å²) < 4.78 is 28.5. The smallest absolute Gasteiger partial charge is 0.242 e. The van der Waals surface area contributed by atoms with Crippen LogP contribution in [0.15, 0.2) is 22.5 Å². The number of hydrogen-bond acceptors (Lipinski definition) is 6. The molecule has 0 saturated carbocycles. The molecule has 0 unspecified atom stereocenters. The number of aryl methyl sites for hydroxylation is 1. The standard InChI is InChI=1S/C11H13N5O2S2/c1-8(5-9-7-16(2)15-13-9)14-20(17,18)11-3-4-19-10(11)6-12/h3-4,7-8,14H,5H2,1-2H3/t8-/m1/s1. The van der Waals surface area contributed by atoms with Crippen LogP contribution >= 0.6 is 11.3 Å². The first-order chi connectivity index (χ1) is 9.42. The number of hydrogen-bond donors (Lipinski definition) is 1. The predicted octanol–water partition coefficient (Wildman–Crippen LogP) is 0.658. The van der Waals surface area contributed by atoms with Gasteiger partial charge in [0.25, 0.3) is 0 Å². The average Bonchev–Trinajstić information content (AvgIpc) is 2.97. The molecule has 0 aliphatic heterocycles. The summed E-state index contributed by atoms with van der Waals surface area (Å²) >= 11 is 1.10. The van der Waals surface area contributed by atoms with Crippen molar-refractivity contribution < 1.29 is 8.42 Å². The van der Waals surface area contributed by atoms with E-state index < -0.39 is 10.0 Å². The van der Waals surface area contributed by atoms with Crippen LogP contribution in [0, 0.1) is 11.3 Å². The van der Waals surface area contributed by atoms with Crippen molar-refractivity contribution >= 4 is 21.4 Å². The summed E-state index contributed by atoms with van der Waals surface area (Å²) in [5, 5.41) is 18.2. The van der Waals surface area contributed by atoms with E-state index in [0.29, 0.717) is 12.1 Å². The second-order valence-corrected chi connectivity index (χ2v) is 6.93. The summed E-state index contributed by atoms with van der Waals surface area (Å²) in [5.41, 5.74) is 0.702. The molecular formula is C11H13N5O2S2. The lowest BCUT2D eigenvalue weighted by atomic mass is 10.2. The molecule has 1 atom stereocenters. The van der Waals surface area contributed by atoms with Gasteiger partial charge >= 0.3 is 0 Å². The number of rotatable bonds is 5. The van der Waals surface area contributed by atoms with Gasteiger partial charge in [0.05, 0.1) is 5.69 Å². The Kier molecular flexibility index (Phi) is 4.17. The van der Waals surface area contributed by atoms with Crippen molar-refractivity contribution in [2.75, 3.05) is 0 Å². The maximum absolute atomic E-state index is 12.2. The summed E-state index contributed by atoms with van der Waals surface area (Å²) in [7, 11) is -1.94. The Labute approximate surface area is 120 Å². The lowest BCUT2D eigenvalue weighted by molar-refractivity contribution is 0.558. The minimum Gasteiger partial charge on any atom is -0.255 e. The van der Waals surface area contributed by atoms with Crippen molar-refractivity contribution in [1.29, 1.82) is 5.26 Å². The molecule has 106 valence electrons. The Morgan fingerprint density at radius 2 is 2.35 bits per heavy atom. The molecule has 0 spiro atoms. The van der Waals surface area contributed by atoms with Crippen molar-refractivity contribution in [1.82, 2.24) is 19.7 Å². The fourth-order valence-electron chi connectivity index (χ4n) is 1.76. The van der Waals surface area contributed by atoms with Crippen LogP contribution < -0.4 is 4.72 Å². The van der Waals surface area contributed by atoms with Gasteiger partial charge in [0.2, 0.25) is 10.0 Å². The van der Waals surface area contributed by atoms with Crippen molar-refractivity contribution in [2.24, 2.45) is 7.05 Å². The van der Waals surface area contributed by atoms with Gasteiger partial charge in [0.15, 0.2) is 0 Å². The molecule has 0 aromatic carbocycles. The molecule has 20 heavy (non-hydrogen) atoms. The minimum atomic E-state index is -3.69. The number of nitrogens with zero attached hydrogens (tertiary/aromatic N) is 4. The van der Waals surface area contributed by atoms with Gasteiger partial charge in [-0.25, -0.2) is 13.1 Å². The van der Waals surface area contributed by atoms with Crippen LogP contribution in [0.25, 0.3) is 0 Å². The van der Waals surface area contributed by atoms with E-state index in [2.05, 4.69) is 15.0 Å². The molecule has 2 aromatic rings. The molecule has 0 fully saturated rings. The van der Waals surface area contributed by atoms with E-state index in [1.165, 1.54) is 6.07 Å².